The summed E-state index contributed by atoms with van der Waals surface area (Å²) in [4.78, 5) is 10.4. The van der Waals surface area contributed by atoms with E-state index in [1.165, 1.54) is 0 Å². The van der Waals surface area contributed by atoms with Crippen LogP contribution < -0.4 is 9.84 Å². The van der Waals surface area contributed by atoms with E-state index in [1.807, 2.05) is 54.6 Å². The summed E-state index contributed by atoms with van der Waals surface area (Å²) < 4.78 is 5.66. The molecule has 0 saturated heterocycles. The van der Waals surface area contributed by atoms with Gasteiger partial charge in [-0.15, -0.1) is 0 Å². The summed E-state index contributed by atoms with van der Waals surface area (Å²) in [5, 5.41) is 10.4. The molecule has 0 bridgehead atoms. The fourth-order valence-electron chi connectivity index (χ4n) is 1.64. The Hall–Kier alpha value is -2.29. The summed E-state index contributed by atoms with van der Waals surface area (Å²) in [5.41, 5.74) is 0.924. The number of ether oxygens (including phenoxy) is 1. The Morgan fingerprint density at radius 1 is 1.00 bits per heavy atom. The van der Waals surface area contributed by atoms with Gasteiger partial charge in [-0.2, -0.15) is 0 Å². The summed E-state index contributed by atoms with van der Waals surface area (Å²) in [6.07, 6.45) is 0.475. The molecule has 0 aliphatic heterocycles. The number of carboxylic acids is 1. The molecule has 0 N–H and O–H groups in total. The van der Waals surface area contributed by atoms with Crippen LogP contribution >= 0.6 is 0 Å². The van der Waals surface area contributed by atoms with Crippen molar-refractivity contribution in [3.05, 3.63) is 60.2 Å². The number of aliphatic carboxylic acids is 1. The number of hydrogen-bond acceptors (Lipinski definition) is 3. The van der Waals surface area contributed by atoms with Crippen LogP contribution in [0.3, 0.4) is 0 Å². The van der Waals surface area contributed by atoms with Crippen molar-refractivity contribution >= 4 is 5.97 Å². The van der Waals surface area contributed by atoms with E-state index >= 15 is 0 Å². The van der Waals surface area contributed by atoms with Crippen LogP contribution in [0.15, 0.2) is 54.6 Å². The van der Waals surface area contributed by atoms with Crippen molar-refractivity contribution in [3.63, 3.8) is 0 Å². The highest BCUT2D eigenvalue weighted by atomic mass is 16.5. The van der Waals surface area contributed by atoms with Crippen molar-refractivity contribution in [2.24, 2.45) is 0 Å². The SMILES string of the molecule is O=C([O-])CCc1cccc(Oc2ccccc2)c1. The third-order valence-corrected chi connectivity index (χ3v) is 2.50. The summed E-state index contributed by atoms with van der Waals surface area (Å²) >= 11 is 0. The Kier molecular flexibility index (Phi) is 3.97. The van der Waals surface area contributed by atoms with E-state index in [4.69, 9.17) is 4.74 Å². The van der Waals surface area contributed by atoms with Gasteiger partial charge in [0.25, 0.3) is 0 Å². The summed E-state index contributed by atoms with van der Waals surface area (Å²) in [6, 6.07) is 16.9. The normalized spacial score (nSPS) is 10.0. The zero-order chi connectivity index (χ0) is 12.8. The molecule has 18 heavy (non-hydrogen) atoms. The predicted molar refractivity (Wildman–Crippen MR) is 66.3 cm³/mol. The highest BCUT2D eigenvalue weighted by Gasteiger charge is 1.99. The highest BCUT2D eigenvalue weighted by molar-refractivity contribution is 5.64. The number of carbonyl (C=O) groups excluding carboxylic acids is 1. The molecule has 0 amide bonds. The molecular weight excluding hydrogens is 228 g/mol. The van der Waals surface area contributed by atoms with E-state index in [1.54, 1.807) is 0 Å². The van der Waals surface area contributed by atoms with Gasteiger partial charge >= 0.3 is 0 Å². The Morgan fingerprint density at radius 2 is 1.72 bits per heavy atom. The van der Waals surface area contributed by atoms with Gasteiger partial charge in [-0.3, -0.25) is 0 Å². The molecule has 0 saturated carbocycles. The maximum atomic E-state index is 10.4. The molecule has 2 aromatic rings. The summed E-state index contributed by atoms with van der Waals surface area (Å²) in [7, 11) is 0. The smallest absolute Gasteiger partial charge is 0.127 e. The molecule has 0 aliphatic carbocycles. The minimum Gasteiger partial charge on any atom is -0.550 e. The molecule has 0 heterocycles. The quantitative estimate of drug-likeness (QED) is 0.806. The second-order valence-electron chi connectivity index (χ2n) is 3.93. The standard InChI is InChI=1S/C15H14O3/c16-15(17)10-9-12-5-4-8-14(11-12)18-13-6-2-1-3-7-13/h1-8,11H,9-10H2,(H,16,17)/p-1. The zero-order valence-corrected chi connectivity index (χ0v) is 9.84. The lowest BCUT2D eigenvalue weighted by Gasteiger charge is -2.08. The van der Waals surface area contributed by atoms with Crippen molar-refractivity contribution in [1.29, 1.82) is 0 Å². The van der Waals surface area contributed by atoms with E-state index in [9.17, 15) is 9.90 Å². The third kappa shape index (κ3) is 3.63. The van der Waals surface area contributed by atoms with Gasteiger partial charge in [-0.05, 0) is 42.7 Å². The van der Waals surface area contributed by atoms with Gasteiger partial charge in [0.15, 0.2) is 0 Å². The zero-order valence-electron chi connectivity index (χ0n) is 9.84. The number of benzene rings is 2. The Morgan fingerprint density at radius 3 is 2.44 bits per heavy atom. The van der Waals surface area contributed by atoms with Crippen LogP contribution in [0.5, 0.6) is 11.5 Å². The summed E-state index contributed by atoms with van der Waals surface area (Å²) in [5.74, 6) is 0.427. The largest absolute Gasteiger partial charge is 0.550 e. The van der Waals surface area contributed by atoms with Gasteiger partial charge < -0.3 is 14.6 Å². The van der Waals surface area contributed by atoms with E-state index < -0.39 is 5.97 Å². The second kappa shape index (κ2) is 5.87. The fraction of sp³-hybridized carbons (Fsp3) is 0.133. The highest BCUT2D eigenvalue weighted by Crippen LogP contribution is 2.22. The predicted octanol–water partition coefficient (Wildman–Crippen LogP) is 2.16. The molecule has 3 nitrogen and oxygen atoms in total. The molecule has 0 fully saturated rings. The third-order valence-electron chi connectivity index (χ3n) is 2.50. The molecule has 0 radical (unpaired) electrons. The van der Waals surface area contributed by atoms with E-state index in [0.717, 1.165) is 11.3 Å². The number of carbonyl (C=O) groups is 1. The minimum absolute atomic E-state index is 0.0226. The van der Waals surface area contributed by atoms with Crippen LogP contribution in [0.1, 0.15) is 12.0 Å². The van der Waals surface area contributed by atoms with Crippen LogP contribution in [0, 0.1) is 0 Å². The van der Waals surface area contributed by atoms with Crippen LogP contribution in [0.2, 0.25) is 0 Å². The lowest BCUT2D eigenvalue weighted by atomic mass is 10.1. The van der Waals surface area contributed by atoms with Gasteiger partial charge in [0.05, 0.1) is 0 Å². The topological polar surface area (TPSA) is 49.4 Å². The Labute approximate surface area is 106 Å². The number of carboxylic acid groups (broad SMARTS) is 1. The first-order valence-corrected chi connectivity index (χ1v) is 5.76. The number of para-hydroxylation sites is 1. The van der Waals surface area contributed by atoms with Gasteiger partial charge in [-0.25, -0.2) is 0 Å². The van der Waals surface area contributed by atoms with Crippen molar-refractivity contribution < 1.29 is 14.6 Å². The van der Waals surface area contributed by atoms with Crippen molar-refractivity contribution in [1.82, 2.24) is 0 Å². The van der Waals surface area contributed by atoms with Crippen molar-refractivity contribution in [3.8, 4) is 11.5 Å². The monoisotopic (exact) mass is 241 g/mol. The molecule has 0 aromatic heterocycles. The van der Waals surface area contributed by atoms with Gasteiger partial charge in [0.2, 0.25) is 0 Å². The van der Waals surface area contributed by atoms with Gasteiger partial charge in [-0.1, -0.05) is 30.3 Å². The van der Waals surface area contributed by atoms with Crippen LogP contribution in [-0.2, 0) is 11.2 Å². The fourth-order valence-corrected chi connectivity index (χ4v) is 1.64. The van der Waals surface area contributed by atoms with Gasteiger partial charge in [0.1, 0.15) is 11.5 Å². The average molecular weight is 241 g/mol. The number of aryl methyl sites for hydroxylation is 1. The molecule has 2 aromatic carbocycles. The number of hydrogen-bond donors (Lipinski definition) is 0. The lowest BCUT2D eigenvalue weighted by molar-refractivity contribution is -0.305. The maximum absolute atomic E-state index is 10.4. The first kappa shape index (κ1) is 12.2. The van der Waals surface area contributed by atoms with E-state index in [0.29, 0.717) is 12.2 Å². The van der Waals surface area contributed by atoms with Crippen LogP contribution in [0.4, 0.5) is 0 Å². The van der Waals surface area contributed by atoms with Crippen LogP contribution in [-0.4, -0.2) is 5.97 Å². The second-order valence-corrected chi connectivity index (χ2v) is 3.93. The molecule has 0 atom stereocenters. The van der Waals surface area contributed by atoms with Crippen molar-refractivity contribution in [2.45, 2.75) is 12.8 Å². The molecule has 0 spiro atoms. The Bertz CT molecular complexity index is 520. The average Bonchev–Trinajstić information content (AvgIpc) is 2.38. The van der Waals surface area contributed by atoms with E-state index in [2.05, 4.69) is 0 Å². The molecular formula is C15H13O3-. The molecule has 0 aliphatic rings. The van der Waals surface area contributed by atoms with Gasteiger partial charge in [0, 0.05) is 5.97 Å². The molecule has 2 rings (SSSR count). The minimum atomic E-state index is -1.04. The molecule has 3 heteroatoms. The van der Waals surface area contributed by atoms with E-state index in [-0.39, 0.29) is 6.42 Å². The Balaban J connectivity index is 2.05. The summed E-state index contributed by atoms with van der Waals surface area (Å²) in [6.45, 7) is 0. The first-order chi connectivity index (χ1) is 8.74. The molecule has 0 unspecified atom stereocenters. The number of rotatable bonds is 5. The van der Waals surface area contributed by atoms with Crippen LogP contribution in [0.25, 0.3) is 0 Å². The molecule has 92 valence electrons. The lowest BCUT2D eigenvalue weighted by Crippen LogP contribution is -2.22. The maximum Gasteiger partial charge on any atom is 0.127 e. The van der Waals surface area contributed by atoms with Crippen molar-refractivity contribution in [2.75, 3.05) is 0 Å². The first-order valence-electron chi connectivity index (χ1n) is 5.76.